The van der Waals surface area contributed by atoms with Crippen LogP contribution in [-0.2, 0) is 6.42 Å². The van der Waals surface area contributed by atoms with Crippen molar-refractivity contribution in [3.05, 3.63) is 53.1 Å². The molecule has 0 fully saturated rings. The number of ether oxygens (including phenoxy) is 3. The molecule has 1 N–H and O–H groups in total. The fourth-order valence-corrected chi connectivity index (χ4v) is 3.33. The Labute approximate surface area is 142 Å². The molecule has 0 radical (unpaired) electrons. The van der Waals surface area contributed by atoms with Crippen molar-refractivity contribution >= 4 is 0 Å². The molecule has 4 nitrogen and oxygen atoms in total. The third-order valence-corrected chi connectivity index (χ3v) is 4.67. The second-order valence-corrected chi connectivity index (χ2v) is 6.31. The first-order chi connectivity index (χ1) is 11.8. The van der Waals surface area contributed by atoms with Gasteiger partial charge in [-0.1, -0.05) is 25.5 Å². The maximum atomic E-state index is 5.76. The first-order valence-electron chi connectivity index (χ1n) is 8.73. The molecule has 126 valence electrons. The van der Waals surface area contributed by atoms with E-state index in [0.717, 1.165) is 49.7 Å². The molecule has 2 aromatic carbocycles. The molecule has 4 rings (SSSR count). The van der Waals surface area contributed by atoms with Crippen molar-refractivity contribution in [2.75, 3.05) is 19.9 Å². The lowest BCUT2D eigenvalue weighted by Gasteiger charge is -2.27. The number of nitrogens with one attached hydrogen (secondary N) is 1. The van der Waals surface area contributed by atoms with Gasteiger partial charge in [-0.2, -0.15) is 0 Å². The number of benzene rings is 2. The zero-order valence-electron chi connectivity index (χ0n) is 14.0. The molecule has 2 heterocycles. The van der Waals surface area contributed by atoms with E-state index < -0.39 is 0 Å². The lowest BCUT2D eigenvalue weighted by molar-refractivity contribution is 0.174. The molecule has 2 aliphatic rings. The van der Waals surface area contributed by atoms with Crippen LogP contribution in [0.5, 0.6) is 17.2 Å². The molecule has 0 saturated heterocycles. The smallest absolute Gasteiger partial charge is 0.231 e. The molecule has 2 aliphatic heterocycles. The molecule has 4 heteroatoms. The summed E-state index contributed by atoms with van der Waals surface area (Å²) in [5.41, 5.74) is 3.87. The van der Waals surface area contributed by atoms with Crippen LogP contribution in [0, 0.1) is 0 Å². The van der Waals surface area contributed by atoms with E-state index in [1.807, 2.05) is 0 Å². The highest BCUT2D eigenvalue weighted by atomic mass is 16.7. The van der Waals surface area contributed by atoms with Crippen LogP contribution in [0.15, 0.2) is 36.4 Å². The van der Waals surface area contributed by atoms with Crippen LogP contribution in [0.3, 0.4) is 0 Å². The summed E-state index contributed by atoms with van der Waals surface area (Å²) in [5, 5.41) is 3.62. The van der Waals surface area contributed by atoms with Crippen molar-refractivity contribution < 1.29 is 14.2 Å². The van der Waals surface area contributed by atoms with Gasteiger partial charge >= 0.3 is 0 Å². The zero-order chi connectivity index (χ0) is 16.4. The van der Waals surface area contributed by atoms with Crippen LogP contribution in [-0.4, -0.2) is 19.9 Å². The number of hydrogen-bond acceptors (Lipinski definition) is 4. The van der Waals surface area contributed by atoms with Gasteiger partial charge in [-0.25, -0.2) is 0 Å². The summed E-state index contributed by atoms with van der Waals surface area (Å²) in [6, 6.07) is 12.9. The molecule has 1 atom stereocenters. The molecule has 2 aromatic rings. The largest absolute Gasteiger partial charge is 0.494 e. The van der Waals surface area contributed by atoms with Crippen molar-refractivity contribution in [2.45, 2.75) is 32.2 Å². The summed E-state index contributed by atoms with van der Waals surface area (Å²) < 4.78 is 16.8. The lowest BCUT2D eigenvalue weighted by atomic mass is 9.89. The predicted molar refractivity (Wildman–Crippen MR) is 93.0 cm³/mol. The second kappa shape index (κ2) is 6.73. The SMILES string of the molecule is CCCCOc1ccc(C2NCCc3cc4c(cc32)OCO4)cc1. The highest BCUT2D eigenvalue weighted by Crippen LogP contribution is 2.40. The second-order valence-electron chi connectivity index (χ2n) is 6.31. The molecule has 0 bridgehead atoms. The summed E-state index contributed by atoms with van der Waals surface area (Å²) >= 11 is 0. The fourth-order valence-electron chi connectivity index (χ4n) is 3.33. The Morgan fingerprint density at radius 1 is 1.12 bits per heavy atom. The Hall–Kier alpha value is -2.20. The highest BCUT2D eigenvalue weighted by Gasteiger charge is 2.25. The van der Waals surface area contributed by atoms with Crippen molar-refractivity contribution in [3.8, 4) is 17.2 Å². The molecule has 0 aromatic heterocycles. The minimum absolute atomic E-state index is 0.188. The molecule has 1 unspecified atom stereocenters. The van der Waals surface area contributed by atoms with Gasteiger partial charge in [-0.3, -0.25) is 0 Å². The Balaban J connectivity index is 1.57. The molecule has 0 spiro atoms. The zero-order valence-corrected chi connectivity index (χ0v) is 14.0. The van der Waals surface area contributed by atoms with Gasteiger partial charge < -0.3 is 19.5 Å². The Morgan fingerprint density at radius 3 is 2.71 bits per heavy atom. The number of rotatable bonds is 5. The molecule has 0 amide bonds. The van der Waals surface area contributed by atoms with Crippen LogP contribution in [0.25, 0.3) is 0 Å². The Morgan fingerprint density at radius 2 is 1.92 bits per heavy atom. The van der Waals surface area contributed by atoms with E-state index in [-0.39, 0.29) is 6.04 Å². The van der Waals surface area contributed by atoms with E-state index in [9.17, 15) is 0 Å². The first-order valence-corrected chi connectivity index (χ1v) is 8.73. The van der Waals surface area contributed by atoms with Crippen LogP contribution < -0.4 is 19.5 Å². The summed E-state index contributed by atoms with van der Waals surface area (Å²) in [6.45, 7) is 4.24. The minimum Gasteiger partial charge on any atom is -0.494 e. The highest BCUT2D eigenvalue weighted by molar-refractivity contribution is 5.52. The maximum Gasteiger partial charge on any atom is 0.231 e. The predicted octanol–water partition coefficient (Wildman–Crippen LogP) is 3.83. The van der Waals surface area contributed by atoms with Crippen LogP contribution >= 0.6 is 0 Å². The van der Waals surface area contributed by atoms with Crippen molar-refractivity contribution in [2.24, 2.45) is 0 Å². The van der Waals surface area contributed by atoms with Gasteiger partial charge in [-0.05, 0) is 53.8 Å². The molecule has 24 heavy (non-hydrogen) atoms. The monoisotopic (exact) mass is 325 g/mol. The van der Waals surface area contributed by atoms with Crippen molar-refractivity contribution in [1.29, 1.82) is 0 Å². The van der Waals surface area contributed by atoms with E-state index >= 15 is 0 Å². The minimum atomic E-state index is 0.188. The van der Waals surface area contributed by atoms with Crippen LogP contribution in [0.2, 0.25) is 0 Å². The van der Waals surface area contributed by atoms with E-state index in [1.165, 1.54) is 16.7 Å². The normalized spacial score (nSPS) is 18.3. The summed E-state index contributed by atoms with van der Waals surface area (Å²) in [6.07, 6.45) is 3.25. The molecule has 0 saturated carbocycles. The fraction of sp³-hybridized carbons (Fsp3) is 0.400. The first kappa shape index (κ1) is 15.3. The maximum absolute atomic E-state index is 5.76. The lowest BCUT2D eigenvalue weighted by Crippen LogP contribution is -2.30. The van der Waals surface area contributed by atoms with Crippen LogP contribution in [0.1, 0.15) is 42.5 Å². The third kappa shape index (κ3) is 2.94. The topological polar surface area (TPSA) is 39.7 Å². The van der Waals surface area contributed by atoms with Gasteiger partial charge in [0.05, 0.1) is 12.6 Å². The van der Waals surface area contributed by atoms with Crippen molar-refractivity contribution in [3.63, 3.8) is 0 Å². The van der Waals surface area contributed by atoms with Gasteiger partial charge in [0.2, 0.25) is 6.79 Å². The quantitative estimate of drug-likeness (QED) is 0.848. The Bertz CT molecular complexity index is 712. The van der Waals surface area contributed by atoms with E-state index in [0.29, 0.717) is 6.79 Å². The number of hydrogen-bond donors (Lipinski definition) is 1. The average Bonchev–Trinajstić information content (AvgIpc) is 3.07. The van der Waals surface area contributed by atoms with E-state index in [4.69, 9.17) is 14.2 Å². The van der Waals surface area contributed by atoms with Crippen LogP contribution in [0.4, 0.5) is 0 Å². The van der Waals surface area contributed by atoms with Gasteiger partial charge in [0, 0.05) is 6.54 Å². The van der Waals surface area contributed by atoms with Gasteiger partial charge in [0.1, 0.15) is 5.75 Å². The Kier molecular flexibility index (Phi) is 4.30. The molecular formula is C20H23NO3. The van der Waals surface area contributed by atoms with Crippen molar-refractivity contribution in [1.82, 2.24) is 5.32 Å². The third-order valence-electron chi connectivity index (χ3n) is 4.67. The van der Waals surface area contributed by atoms with Gasteiger partial charge in [0.25, 0.3) is 0 Å². The van der Waals surface area contributed by atoms with E-state index in [1.54, 1.807) is 0 Å². The number of fused-ring (bicyclic) bond motifs is 2. The summed E-state index contributed by atoms with van der Waals surface area (Å²) in [5.74, 6) is 2.66. The summed E-state index contributed by atoms with van der Waals surface area (Å²) in [4.78, 5) is 0. The number of unbranched alkanes of at least 4 members (excludes halogenated alkanes) is 1. The van der Waals surface area contributed by atoms with Gasteiger partial charge in [0.15, 0.2) is 11.5 Å². The standard InChI is InChI=1S/C20H23NO3/c1-2-3-10-22-16-6-4-14(5-7-16)20-17-12-19-18(23-13-24-19)11-15(17)8-9-21-20/h4-7,11-12,20-21H,2-3,8-10,13H2,1H3. The molecule has 0 aliphatic carbocycles. The average molecular weight is 325 g/mol. The molecular weight excluding hydrogens is 302 g/mol. The van der Waals surface area contributed by atoms with E-state index in [2.05, 4.69) is 48.6 Å². The summed E-state index contributed by atoms with van der Waals surface area (Å²) in [7, 11) is 0. The van der Waals surface area contributed by atoms with Gasteiger partial charge in [-0.15, -0.1) is 0 Å².